The average Bonchev–Trinajstić information content (AvgIpc) is 3.11. The quantitative estimate of drug-likeness (QED) is 0.378. The monoisotopic (exact) mass is 433 g/mol. The molecule has 0 bridgehead atoms. The number of nitrogens with one attached hydrogen (secondary N) is 1. The predicted molar refractivity (Wildman–Crippen MR) is 104 cm³/mol. The maximum absolute atomic E-state index is 12.9. The molecule has 1 fully saturated rings. The van der Waals surface area contributed by atoms with Crippen molar-refractivity contribution >= 4 is 62.6 Å². The molecule has 0 amide bonds. The molecule has 0 unspecified atom stereocenters. The lowest BCUT2D eigenvalue weighted by molar-refractivity contribution is -0.140. The zero-order valence-corrected chi connectivity index (χ0v) is 16.3. The Hall–Kier alpha value is -2.14. The van der Waals surface area contributed by atoms with Crippen LogP contribution in [-0.4, -0.2) is 47.3 Å². The predicted octanol–water partition coefficient (Wildman–Crippen LogP) is 1.75. The molecule has 9 nitrogen and oxygen atoms in total. The molecule has 146 valence electrons. The van der Waals surface area contributed by atoms with E-state index in [1.807, 2.05) is 0 Å². The summed E-state index contributed by atoms with van der Waals surface area (Å²) >= 11 is 5.96. The van der Waals surface area contributed by atoms with Crippen molar-refractivity contribution in [3.8, 4) is 0 Å². The lowest BCUT2D eigenvalue weighted by Crippen LogP contribution is -2.40. The number of nitrogens with zero attached hydrogens (tertiary/aromatic N) is 3. The van der Waals surface area contributed by atoms with Crippen molar-refractivity contribution in [3.05, 3.63) is 30.6 Å². The highest BCUT2D eigenvalue weighted by Gasteiger charge is 2.39. The maximum Gasteiger partial charge on any atom is 0.322 e. The molecule has 0 aliphatic carbocycles. The Kier molecular flexibility index (Phi) is 6.15. The minimum absolute atomic E-state index is 0. The summed E-state index contributed by atoms with van der Waals surface area (Å²) in [4.78, 5) is 15.3. The molecule has 1 aliphatic heterocycles. The van der Waals surface area contributed by atoms with E-state index in [0.29, 0.717) is 22.9 Å². The third-order valence-electron chi connectivity index (χ3n) is 4.23. The molecule has 2 aromatic rings. The van der Waals surface area contributed by atoms with Gasteiger partial charge in [0.15, 0.2) is 0 Å². The van der Waals surface area contributed by atoms with Crippen LogP contribution in [0.2, 0.25) is 0 Å². The van der Waals surface area contributed by atoms with Gasteiger partial charge in [0.05, 0.1) is 16.8 Å². The lowest BCUT2D eigenvalue weighted by atomic mass is 10.1. The largest absolute Gasteiger partial charge is 0.480 e. The number of carboxylic acids is 1. The summed E-state index contributed by atoms with van der Waals surface area (Å²) in [5, 5.41) is 17.7. The third kappa shape index (κ3) is 3.79. The van der Waals surface area contributed by atoms with E-state index in [0.717, 1.165) is 8.72 Å². The number of guanidine groups is 1. The topological polar surface area (TPSA) is 141 Å². The van der Waals surface area contributed by atoms with E-state index in [1.165, 1.54) is 30.6 Å². The molecule has 3 rings (SSSR count). The number of nitrogens with two attached hydrogens (primary N) is 1. The third-order valence-corrected chi connectivity index (χ3v) is 6.50. The molecular weight excluding hydrogens is 417 g/mol. The van der Waals surface area contributed by atoms with Gasteiger partial charge in [0.2, 0.25) is 16.0 Å². The van der Waals surface area contributed by atoms with Gasteiger partial charge in [-0.2, -0.15) is 4.31 Å². The molecule has 1 aromatic heterocycles. The van der Waals surface area contributed by atoms with Gasteiger partial charge in [0, 0.05) is 35.3 Å². The van der Waals surface area contributed by atoms with Gasteiger partial charge >= 0.3 is 5.97 Å². The Bertz CT molecular complexity index is 1000. The van der Waals surface area contributed by atoms with Gasteiger partial charge in [-0.1, -0.05) is 6.07 Å². The number of sulfonamides is 1. The smallest absolute Gasteiger partial charge is 0.322 e. The molecule has 0 radical (unpaired) electrons. The Morgan fingerprint density at radius 1 is 1.41 bits per heavy atom. The van der Waals surface area contributed by atoms with Gasteiger partial charge in [-0.05, 0) is 25.0 Å². The minimum Gasteiger partial charge on any atom is -0.480 e. The normalized spacial score (nSPS) is 17.4. The molecule has 1 saturated heterocycles. The molecule has 12 heteroatoms. The molecule has 1 atom stereocenters. The Balaban J connectivity index is 0.00000261. The summed E-state index contributed by atoms with van der Waals surface area (Å²) in [7, 11) is -3.96. The number of pyridine rings is 1. The van der Waals surface area contributed by atoms with Crippen LogP contribution < -0.4 is 10.2 Å². The molecule has 27 heavy (non-hydrogen) atoms. The SMILES string of the molecule is Cl.N=C(N)N(Cl)c1cncc2cc(S(=O)(=O)N3CCC[C@@H]3C(=O)O)ccc12. The first-order chi connectivity index (χ1) is 12.2. The zero-order valence-electron chi connectivity index (χ0n) is 13.9. The molecule has 1 aliphatic rings. The van der Waals surface area contributed by atoms with E-state index in [2.05, 4.69) is 4.98 Å². The van der Waals surface area contributed by atoms with E-state index in [1.54, 1.807) is 0 Å². The van der Waals surface area contributed by atoms with Crippen molar-refractivity contribution in [2.24, 2.45) is 5.73 Å². The van der Waals surface area contributed by atoms with Crippen LogP contribution in [0.15, 0.2) is 35.5 Å². The number of carboxylic acid groups (broad SMARTS) is 1. The number of carbonyl (C=O) groups is 1. The van der Waals surface area contributed by atoms with Gasteiger partial charge in [-0.15, -0.1) is 12.4 Å². The molecule has 0 saturated carbocycles. The van der Waals surface area contributed by atoms with E-state index in [9.17, 15) is 18.3 Å². The maximum atomic E-state index is 12.9. The molecule has 1 aromatic carbocycles. The van der Waals surface area contributed by atoms with Gasteiger partial charge in [-0.3, -0.25) is 15.2 Å². The van der Waals surface area contributed by atoms with Crippen molar-refractivity contribution in [1.82, 2.24) is 9.29 Å². The number of aliphatic carboxylic acids is 1. The second-order valence-electron chi connectivity index (χ2n) is 5.82. The molecular formula is C15H17Cl2N5O4S. The number of fused-ring (bicyclic) bond motifs is 1. The van der Waals surface area contributed by atoms with Crippen LogP contribution in [0.1, 0.15) is 12.8 Å². The van der Waals surface area contributed by atoms with Crippen LogP contribution in [-0.2, 0) is 14.8 Å². The van der Waals surface area contributed by atoms with Crippen LogP contribution in [0.5, 0.6) is 0 Å². The van der Waals surface area contributed by atoms with Crippen LogP contribution in [0.3, 0.4) is 0 Å². The Morgan fingerprint density at radius 3 is 2.74 bits per heavy atom. The summed E-state index contributed by atoms with van der Waals surface area (Å²) in [6.07, 6.45) is 3.65. The van der Waals surface area contributed by atoms with Crippen LogP contribution in [0.25, 0.3) is 10.8 Å². The second-order valence-corrected chi connectivity index (χ2v) is 8.05. The first-order valence-electron chi connectivity index (χ1n) is 7.66. The van der Waals surface area contributed by atoms with E-state index in [-0.39, 0.29) is 30.3 Å². The van der Waals surface area contributed by atoms with Crippen molar-refractivity contribution in [1.29, 1.82) is 5.41 Å². The molecule has 0 spiro atoms. The number of hydrogen-bond donors (Lipinski definition) is 3. The summed E-state index contributed by atoms with van der Waals surface area (Å²) < 4.78 is 27.7. The van der Waals surface area contributed by atoms with Gasteiger partial charge in [-0.25, -0.2) is 12.8 Å². The van der Waals surface area contributed by atoms with Gasteiger partial charge in [0.1, 0.15) is 6.04 Å². The number of benzene rings is 1. The van der Waals surface area contributed by atoms with Crippen LogP contribution in [0.4, 0.5) is 5.69 Å². The summed E-state index contributed by atoms with van der Waals surface area (Å²) in [5.41, 5.74) is 5.71. The Morgan fingerprint density at radius 2 is 2.11 bits per heavy atom. The number of aromatic nitrogens is 1. The highest BCUT2D eigenvalue weighted by Crippen LogP contribution is 2.31. The minimum atomic E-state index is -3.96. The van der Waals surface area contributed by atoms with Crippen LogP contribution >= 0.6 is 24.2 Å². The van der Waals surface area contributed by atoms with Crippen molar-refractivity contribution in [3.63, 3.8) is 0 Å². The first-order valence-corrected chi connectivity index (χ1v) is 9.43. The second kappa shape index (κ2) is 7.85. The fourth-order valence-corrected chi connectivity index (χ4v) is 4.82. The van der Waals surface area contributed by atoms with E-state index >= 15 is 0 Å². The summed E-state index contributed by atoms with van der Waals surface area (Å²) in [6.45, 7) is 0.162. The van der Waals surface area contributed by atoms with Gasteiger partial charge in [0.25, 0.3) is 0 Å². The highest BCUT2D eigenvalue weighted by atomic mass is 35.5. The van der Waals surface area contributed by atoms with Crippen molar-refractivity contribution < 1.29 is 18.3 Å². The molecule has 4 N–H and O–H groups in total. The molecule has 2 heterocycles. The van der Waals surface area contributed by atoms with E-state index in [4.69, 9.17) is 22.9 Å². The lowest BCUT2D eigenvalue weighted by Gasteiger charge is -2.21. The average molecular weight is 434 g/mol. The highest BCUT2D eigenvalue weighted by molar-refractivity contribution is 7.89. The fourth-order valence-electron chi connectivity index (χ4n) is 3.00. The zero-order chi connectivity index (χ0) is 19.1. The van der Waals surface area contributed by atoms with Crippen LogP contribution in [0, 0.1) is 5.41 Å². The number of rotatable bonds is 4. The van der Waals surface area contributed by atoms with Crippen molar-refractivity contribution in [2.45, 2.75) is 23.8 Å². The summed E-state index contributed by atoms with van der Waals surface area (Å²) in [5.74, 6) is -1.56. The first kappa shape index (κ1) is 21.2. The summed E-state index contributed by atoms with van der Waals surface area (Å²) in [6, 6.07) is 3.26. The van der Waals surface area contributed by atoms with Gasteiger partial charge < -0.3 is 10.8 Å². The number of anilines is 1. The van der Waals surface area contributed by atoms with E-state index < -0.39 is 28.0 Å². The number of hydrogen-bond acceptors (Lipinski definition) is 5. The Labute approximate surface area is 166 Å². The fraction of sp³-hybridized carbons (Fsp3) is 0.267. The van der Waals surface area contributed by atoms with Crippen molar-refractivity contribution in [2.75, 3.05) is 11.0 Å². The standard InChI is InChI=1S/C15H16ClN5O4S.ClH/c16-21(15(17)18)13-8-19-7-9-6-10(3-4-11(9)13)26(24,25)20-5-1-2-12(20)14(22)23;/h3-4,6-8,12H,1-2,5H2,(H3,17,18)(H,22,23);1H/t12-;/m1./s1. The number of halogens is 2.